The number of aryl methyl sites for hydroxylation is 2. The van der Waals surface area contributed by atoms with Gasteiger partial charge in [-0.1, -0.05) is 35.4 Å². The van der Waals surface area contributed by atoms with Crippen LogP contribution in [0, 0.1) is 13.8 Å². The summed E-state index contributed by atoms with van der Waals surface area (Å²) in [7, 11) is -7.78. The topological polar surface area (TPSA) is 168 Å². The Bertz CT molecular complexity index is 1180. The van der Waals surface area contributed by atoms with Gasteiger partial charge in [0.2, 0.25) is 0 Å². The van der Waals surface area contributed by atoms with E-state index >= 15 is 0 Å². The van der Waals surface area contributed by atoms with Gasteiger partial charge < -0.3 is 5.73 Å². The average molecular weight is 464 g/mol. The molecular weight excluding hydrogens is 442 g/mol. The van der Waals surface area contributed by atoms with Gasteiger partial charge in [0.25, 0.3) is 20.0 Å². The maximum Gasteiger partial charge on any atom is 0.257 e. The average Bonchev–Trinajstić information content (AvgIpc) is 2.73. The Morgan fingerprint density at radius 1 is 0.677 bits per heavy atom. The van der Waals surface area contributed by atoms with E-state index in [1.165, 1.54) is 24.3 Å². The van der Waals surface area contributed by atoms with Crippen LogP contribution in [0.25, 0.3) is 0 Å². The van der Waals surface area contributed by atoms with Crippen LogP contribution in [-0.4, -0.2) is 26.8 Å². The molecule has 0 amide bonds. The van der Waals surface area contributed by atoms with Gasteiger partial charge in [-0.25, -0.2) is 26.8 Å². The lowest BCUT2D eigenvalue weighted by molar-refractivity contribution is 0.586. The molecule has 13 heteroatoms. The van der Waals surface area contributed by atoms with Gasteiger partial charge in [-0.2, -0.15) is 0 Å². The quantitative estimate of drug-likeness (QED) is 0.309. The van der Waals surface area contributed by atoms with Crippen molar-refractivity contribution in [3.63, 3.8) is 0 Å². The van der Waals surface area contributed by atoms with E-state index in [1.807, 2.05) is 13.8 Å². The summed E-state index contributed by atoms with van der Waals surface area (Å²) in [6, 6.07) is 12.5. The monoisotopic (exact) mass is 463 g/mol. The number of benzene rings is 2. The fourth-order valence-corrected chi connectivity index (χ4v) is 4.07. The molecule has 0 aliphatic heterocycles. The predicted molar refractivity (Wildman–Crippen MR) is 117 cm³/mol. The highest BCUT2D eigenvalue weighted by Crippen LogP contribution is 2.22. The standard InChI is InChI=1S/C18H21N7O4S2/c1-12-3-7-14(8-4-12)30(26,27)24-22-17-16(19)18(21-11-20-17)23-25-31(28,29)15-9-5-13(2)6-10-15/h3-11,24-25H,19H2,1-2H3,(H2,20,21,22,23). The molecule has 1 aromatic heterocycles. The summed E-state index contributed by atoms with van der Waals surface area (Å²) >= 11 is 0. The van der Waals surface area contributed by atoms with Crippen molar-refractivity contribution in [1.82, 2.24) is 19.6 Å². The first kappa shape index (κ1) is 22.4. The molecule has 0 saturated carbocycles. The molecule has 0 fully saturated rings. The summed E-state index contributed by atoms with van der Waals surface area (Å²) in [6.07, 6.45) is 1.08. The molecule has 6 N–H and O–H groups in total. The minimum absolute atomic E-state index is 0.0439. The number of nitrogens with one attached hydrogen (secondary N) is 4. The van der Waals surface area contributed by atoms with E-state index in [1.54, 1.807) is 24.3 Å². The third-order valence-electron chi connectivity index (χ3n) is 4.15. The lowest BCUT2D eigenvalue weighted by Gasteiger charge is -2.14. The van der Waals surface area contributed by atoms with Crippen molar-refractivity contribution in [3.8, 4) is 0 Å². The minimum atomic E-state index is -3.89. The fraction of sp³-hybridized carbons (Fsp3) is 0.111. The van der Waals surface area contributed by atoms with E-state index in [9.17, 15) is 16.8 Å². The molecule has 0 aliphatic carbocycles. The third kappa shape index (κ3) is 5.46. The molecule has 0 aliphatic rings. The first-order valence-corrected chi connectivity index (χ1v) is 11.8. The van der Waals surface area contributed by atoms with Crippen LogP contribution in [-0.2, 0) is 20.0 Å². The van der Waals surface area contributed by atoms with E-state index in [-0.39, 0.29) is 27.1 Å². The summed E-state index contributed by atoms with van der Waals surface area (Å²) in [6.45, 7) is 3.68. The highest BCUT2D eigenvalue weighted by atomic mass is 32.2. The molecule has 3 aromatic rings. The van der Waals surface area contributed by atoms with Crippen molar-refractivity contribution in [2.45, 2.75) is 23.6 Å². The van der Waals surface area contributed by atoms with Crippen LogP contribution >= 0.6 is 0 Å². The molecule has 2 aromatic carbocycles. The number of hydrogen-bond acceptors (Lipinski definition) is 9. The summed E-state index contributed by atoms with van der Waals surface area (Å²) in [5.41, 5.74) is 12.5. The Morgan fingerprint density at radius 3 is 1.39 bits per heavy atom. The normalized spacial score (nSPS) is 11.8. The molecule has 164 valence electrons. The van der Waals surface area contributed by atoms with Crippen molar-refractivity contribution in [3.05, 3.63) is 66.0 Å². The number of rotatable bonds is 8. The maximum atomic E-state index is 12.4. The lowest BCUT2D eigenvalue weighted by atomic mass is 10.2. The third-order valence-corrected chi connectivity index (χ3v) is 6.68. The Balaban J connectivity index is 1.71. The van der Waals surface area contributed by atoms with Crippen LogP contribution in [0.5, 0.6) is 0 Å². The number of anilines is 3. The maximum absolute atomic E-state index is 12.4. The lowest BCUT2D eigenvalue weighted by Crippen LogP contribution is -2.32. The largest absolute Gasteiger partial charge is 0.393 e. The van der Waals surface area contributed by atoms with E-state index in [2.05, 4.69) is 30.5 Å². The van der Waals surface area contributed by atoms with E-state index in [0.29, 0.717) is 0 Å². The van der Waals surface area contributed by atoms with Gasteiger partial charge in [-0.3, -0.25) is 10.9 Å². The number of hydrogen-bond donors (Lipinski definition) is 5. The molecule has 11 nitrogen and oxygen atoms in total. The molecular formula is C18H21N7O4S2. The van der Waals surface area contributed by atoms with Gasteiger partial charge in [0.15, 0.2) is 11.6 Å². The van der Waals surface area contributed by atoms with Crippen molar-refractivity contribution in [2.24, 2.45) is 0 Å². The molecule has 3 rings (SSSR count). The molecule has 0 spiro atoms. The van der Waals surface area contributed by atoms with Gasteiger partial charge >= 0.3 is 0 Å². The highest BCUT2D eigenvalue weighted by Gasteiger charge is 2.17. The van der Waals surface area contributed by atoms with Gasteiger partial charge in [0.1, 0.15) is 12.0 Å². The van der Waals surface area contributed by atoms with Crippen LogP contribution in [0.2, 0.25) is 0 Å². The van der Waals surface area contributed by atoms with Crippen molar-refractivity contribution in [2.75, 3.05) is 16.6 Å². The zero-order valence-electron chi connectivity index (χ0n) is 16.6. The van der Waals surface area contributed by atoms with Crippen LogP contribution < -0.4 is 26.2 Å². The van der Waals surface area contributed by atoms with Crippen LogP contribution in [0.4, 0.5) is 17.3 Å². The highest BCUT2D eigenvalue weighted by molar-refractivity contribution is 7.89. The second-order valence-corrected chi connectivity index (χ2v) is 9.94. The Morgan fingerprint density at radius 2 is 1.03 bits per heavy atom. The van der Waals surface area contributed by atoms with Gasteiger partial charge in [0.05, 0.1) is 9.79 Å². The molecule has 0 bridgehead atoms. The number of nitrogens with zero attached hydrogens (tertiary/aromatic N) is 2. The molecule has 31 heavy (non-hydrogen) atoms. The molecule has 1 heterocycles. The summed E-state index contributed by atoms with van der Waals surface area (Å²) in [5.74, 6) is -0.134. The smallest absolute Gasteiger partial charge is 0.257 e. The van der Waals surface area contributed by atoms with Crippen molar-refractivity contribution >= 4 is 37.4 Å². The second-order valence-electron chi connectivity index (χ2n) is 6.57. The zero-order valence-corrected chi connectivity index (χ0v) is 18.3. The number of nitrogens with two attached hydrogens (primary N) is 1. The predicted octanol–water partition coefficient (Wildman–Crippen LogP) is 1.29. The van der Waals surface area contributed by atoms with Gasteiger partial charge in [-0.05, 0) is 38.1 Å². The zero-order chi connectivity index (χ0) is 22.6. The molecule has 0 unspecified atom stereocenters. The minimum Gasteiger partial charge on any atom is -0.393 e. The Kier molecular flexibility index (Phi) is 6.40. The second kappa shape index (κ2) is 8.85. The SMILES string of the molecule is Cc1ccc(S(=O)(=O)NNc2ncnc(NNS(=O)(=O)c3ccc(C)cc3)c2N)cc1. The van der Waals surface area contributed by atoms with Crippen LogP contribution in [0.3, 0.4) is 0 Å². The number of sulfonamides is 2. The number of nitrogen functional groups attached to an aromatic ring is 1. The van der Waals surface area contributed by atoms with Crippen LogP contribution in [0.1, 0.15) is 11.1 Å². The van der Waals surface area contributed by atoms with Gasteiger partial charge in [0, 0.05) is 0 Å². The Labute approximate surface area is 180 Å². The first-order valence-electron chi connectivity index (χ1n) is 8.88. The molecule has 0 radical (unpaired) electrons. The number of hydrazine groups is 2. The summed E-state index contributed by atoms with van der Waals surface area (Å²) in [5, 5.41) is 0. The van der Waals surface area contributed by atoms with E-state index in [0.717, 1.165) is 17.5 Å². The fourth-order valence-electron chi connectivity index (χ4n) is 2.38. The number of aromatic nitrogens is 2. The van der Waals surface area contributed by atoms with Crippen molar-refractivity contribution in [1.29, 1.82) is 0 Å². The van der Waals surface area contributed by atoms with E-state index in [4.69, 9.17) is 5.73 Å². The first-order chi connectivity index (χ1) is 14.6. The van der Waals surface area contributed by atoms with Gasteiger partial charge in [-0.15, -0.1) is 9.66 Å². The molecule has 0 atom stereocenters. The van der Waals surface area contributed by atoms with Crippen LogP contribution in [0.15, 0.2) is 64.6 Å². The summed E-state index contributed by atoms with van der Waals surface area (Å²) in [4.78, 5) is 12.2. The van der Waals surface area contributed by atoms with E-state index < -0.39 is 20.0 Å². The Hall–Kier alpha value is -3.26. The molecule has 0 saturated heterocycles. The summed E-state index contributed by atoms with van der Waals surface area (Å²) < 4.78 is 49.5. The van der Waals surface area contributed by atoms with Crippen molar-refractivity contribution < 1.29 is 16.8 Å².